The maximum Gasteiger partial charge on any atom is 0.252 e. The van der Waals surface area contributed by atoms with Crippen molar-refractivity contribution in [2.75, 3.05) is 25.1 Å². The zero-order valence-electron chi connectivity index (χ0n) is 17.2. The number of aryl methyl sites for hydroxylation is 1. The predicted octanol–water partition coefficient (Wildman–Crippen LogP) is 4.96. The molecule has 0 aliphatic carbocycles. The SMILES string of the molecule is CSCCn1c(=NC(=O)C2CCCN(S(=O)(=O)c3ccc(Cl)s3)C2)sc2cc(Cl)ccc21. The highest BCUT2D eigenvalue weighted by Crippen LogP contribution is 2.31. The number of nitrogens with zero attached hydrogens (tertiary/aromatic N) is 3. The number of thioether (sulfide) groups is 1. The molecule has 3 heterocycles. The molecule has 4 rings (SSSR count). The van der Waals surface area contributed by atoms with E-state index in [2.05, 4.69) is 4.99 Å². The fourth-order valence-corrected chi connectivity index (χ4v) is 8.51. The molecule has 0 saturated carbocycles. The molecule has 1 fully saturated rings. The third kappa shape index (κ3) is 5.11. The highest BCUT2D eigenvalue weighted by molar-refractivity contribution is 7.98. The Morgan fingerprint density at radius 1 is 1.25 bits per heavy atom. The highest BCUT2D eigenvalue weighted by atomic mass is 35.5. The molecule has 1 aromatic carbocycles. The second-order valence-electron chi connectivity index (χ2n) is 7.35. The van der Waals surface area contributed by atoms with Crippen LogP contribution in [-0.4, -0.2) is 48.3 Å². The number of halogens is 2. The fraction of sp³-hybridized carbons (Fsp3) is 0.400. The quantitative estimate of drug-likeness (QED) is 0.435. The van der Waals surface area contributed by atoms with Crippen LogP contribution in [0.2, 0.25) is 9.36 Å². The molecule has 1 amide bonds. The first-order valence-electron chi connectivity index (χ1n) is 9.91. The van der Waals surface area contributed by atoms with E-state index in [1.807, 2.05) is 29.0 Å². The predicted molar refractivity (Wildman–Crippen MR) is 135 cm³/mol. The Kier molecular flexibility index (Phi) is 7.71. The maximum atomic E-state index is 13.1. The molecular formula is C20H21Cl2N3O3S4. The second-order valence-corrected chi connectivity index (χ2v) is 13.7. The molecular weight excluding hydrogens is 529 g/mol. The molecule has 172 valence electrons. The molecule has 6 nitrogen and oxygen atoms in total. The molecule has 1 saturated heterocycles. The van der Waals surface area contributed by atoms with E-state index in [1.54, 1.807) is 17.8 Å². The van der Waals surface area contributed by atoms with Crippen molar-refractivity contribution in [3.8, 4) is 0 Å². The van der Waals surface area contributed by atoms with Crippen LogP contribution in [0.5, 0.6) is 0 Å². The number of aromatic nitrogens is 1. The number of carbonyl (C=O) groups is 1. The number of benzene rings is 1. The summed E-state index contributed by atoms with van der Waals surface area (Å²) >= 11 is 16.2. The van der Waals surface area contributed by atoms with Gasteiger partial charge >= 0.3 is 0 Å². The Morgan fingerprint density at radius 3 is 2.78 bits per heavy atom. The van der Waals surface area contributed by atoms with Crippen LogP contribution < -0.4 is 4.80 Å². The van der Waals surface area contributed by atoms with E-state index in [4.69, 9.17) is 23.2 Å². The molecule has 1 aliphatic heterocycles. The third-order valence-electron chi connectivity index (χ3n) is 5.25. The van der Waals surface area contributed by atoms with Gasteiger partial charge in [-0.2, -0.15) is 21.1 Å². The van der Waals surface area contributed by atoms with Gasteiger partial charge in [0.1, 0.15) is 4.21 Å². The van der Waals surface area contributed by atoms with Crippen molar-refractivity contribution >= 4 is 83.8 Å². The van der Waals surface area contributed by atoms with Crippen LogP contribution in [0.1, 0.15) is 12.8 Å². The van der Waals surface area contributed by atoms with Gasteiger partial charge in [0.05, 0.1) is 20.5 Å². The van der Waals surface area contributed by atoms with Crippen LogP contribution in [0.3, 0.4) is 0 Å². The van der Waals surface area contributed by atoms with Gasteiger partial charge in [-0.15, -0.1) is 11.3 Å². The lowest BCUT2D eigenvalue weighted by Crippen LogP contribution is -2.42. The van der Waals surface area contributed by atoms with Crippen molar-refractivity contribution in [3.05, 3.63) is 44.5 Å². The van der Waals surface area contributed by atoms with E-state index in [0.717, 1.165) is 33.9 Å². The summed E-state index contributed by atoms with van der Waals surface area (Å²) < 4.78 is 30.9. The minimum Gasteiger partial charge on any atom is -0.316 e. The summed E-state index contributed by atoms with van der Waals surface area (Å²) in [6.45, 7) is 1.23. The lowest BCUT2D eigenvalue weighted by Gasteiger charge is -2.29. The Morgan fingerprint density at radius 2 is 2.06 bits per heavy atom. The van der Waals surface area contributed by atoms with Crippen LogP contribution >= 0.6 is 57.6 Å². The molecule has 12 heteroatoms. The Hall–Kier alpha value is -0.880. The van der Waals surface area contributed by atoms with Crippen molar-refractivity contribution in [2.45, 2.75) is 23.6 Å². The van der Waals surface area contributed by atoms with Gasteiger partial charge < -0.3 is 4.57 Å². The summed E-state index contributed by atoms with van der Waals surface area (Å²) in [4.78, 5) is 18.2. The smallest absolute Gasteiger partial charge is 0.252 e. The summed E-state index contributed by atoms with van der Waals surface area (Å²) in [6, 6.07) is 8.73. The molecule has 0 spiro atoms. The number of piperidine rings is 1. The molecule has 1 atom stereocenters. The molecule has 2 aromatic heterocycles. The first-order chi connectivity index (χ1) is 15.3. The number of sulfonamides is 1. The largest absolute Gasteiger partial charge is 0.316 e. The van der Waals surface area contributed by atoms with Crippen LogP contribution in [0, 0.1) is 5.92 Å². The summed E-state index contributed by atoms with van der Waals surface area (Å²) in [5, 5.41) is 0.635. The van der Waals surface area contributed by atoms with Crippen LogP contribution in [0.15, 0.2) is 39.5 Å². The van der Waals surface area contributed by atoms with E-state index in [1.165, 1.54) is 21.7 Å². The summed E-state index contributed by atoms with van der Waals surface area (Å²) in [6.07, 6.45) is 3.26. The van der Waals surface area contributed by atoms with Gasteiger partial charge in [-0.05, 0) is 49.4 Å². The number of fused-ring (bicyclic) bond motifs is 1. The summed E-state index contributed by atoms with van der Waals surface area (Å²) in [7, 11) is -3.67. The van der Waals surface area contributed by atoms with Gasteiger partial charge in [0.25, 0.3) is 15.9 Å². The minimum absolute atomic E-state index is 0.127. The number of hydrogen-bond acceptors (Lipinski definition) is 6. The monoisotopic (exact) mass is 549 g/mol. The first-order valence-corrected chi connectivity index (χ1v) is 15.1. The standard InChI is InChI=1S/C20H21Cl2N3O3S4/c1-29-10-9-25-15-5-4-14(21)11-16(15)30-20(25)23-19(26)13-3-2-8-24(12-13)32(27,28)18-7-6-17(22)31-18/h4-7,11,13H,2-3,8-10,12H2,1H3. The average Bonchev–Trinajstić information content (AvgIpc) is 3.35. The topological polar surface area (TPSA) is 71.7 Å². The summed E-state index contributed by atoms with van der Waals surface area (Å²) in [5.74, 6) is 0.121. The lowest BCUT2D eigenvalue weighted by molar-refractivity contribution is -0.122. The van der Waals surface area contributed by atoms with Gasteiger partial charge in [-0.3, -0.25) is 4.79 Å². The van der Waals surface area contributed by atoms with Crippen LogP contribution in [0.25, 0.3) is 10.2 Å². The summed E-state index contributed by atoms with van der Waals surface area (Å²) in [5.41, 5.74) is 0.988. The highest BCUT2D eigenvalue weighted by Gasteiger charge is 2.34. The lowest BCUT2D eigenvalue weighted by atomic mass is 9.99. The van der Waals surface area contributed by atoms with Gasteiger partial charge in [-0.25, -0.2) is 8.42 Å². The molecule has 32 heavy (non-hydrogen) atoms. The molecule has 0 radical (unpaired) electrons. The van der Waals surface area contributed by atoms with Gasteiger partial charge in [0, 0.05) is 30.4 Å². The van der Waals surface area contributed by atoms with Gasteiger partial charge in [0.2, 0.25) is 0 Å². The Bertz CT molecular complexity index is 1310. The molecule has 0 N–H and O–H groups in total. The fourth-order valence-electron chi connectivity index (χ4n) is 3.64. The molecule has 3 aromatic rings. The Balaban J connectivity index is 1.62. The van der Waals surface area contributed by atoms with Crippen molar-refractivity contribution in [2.24, 2.45) is 10.9 Å². The number of thiazole rings is 1. The first kappa shape index (κ1) is 24.3. The molecule has 1 aliphatic rings. The second kappa shape index (κ2) is 10.2. The van der Waals surface area contributed by atoms with Crippen LogP contribution in [-0.2, 0) is 21.4 Å². The Labute approximate surface area is 208 Å². The maximum absolute atomic E-state index is 13.1. The van der Waals surface area contributed by atoms with Crippen molar-refractivity contribution in [1.82, 2.24) is 8.87 Å². The van der Waals surface area contributed by atoms with Crippen LogP contribution in [0.4, 0.5) is 0 Å². The number of carbonyl (C=O) groups excluding carboxylic acids is 1. The zero-order valence-corrected chi connectivity index (χ0v) is 21.9. The van der Waals surface area contributed by atoms with E-state index >= 15 is 0 Å². The third-order valence-corrected chi connectivity index (χ3v) is 10.7. The van der Waals surface area contributed by atoms with Crippen molar-refractivity contribution < 1.29 is 13.2 Å². The van der Waals surface area contributed by atoms with E-state index in [0.29, 0.717) is 33.5 Å². The number of hydrogen-bond donors (Lipinski definition) is 0. The van der Waals surface area contributed by atoms with Gasteiger partial charge in [-0.1, -0.05) is 34.5 Å². The van der Waals surface area contributed by atoms with Crippen molar-refractivity contribution in [1.29, 1.82) is 0 Å². The number of amides is 1. The van der Waals surface area contributed by atoms with Gasteiger partial charge in [0.15, 0.2) is 4.80 Å². The minimum atomic E-state index is -3.67. The normalized spacial score (nSPS) is 18.5. The van der Waals surface area contributed by atoms with Crippen molar-refractivity contribution in [3.63, 3.8) is 0 Å². The number of thiophene rings is 1. The van der Waals surface area contributed by atoms with E-state index in [9.17, 15) is 13.2 Å². The number of rotatable bonds is 6. The molecule has 1 unspecified atom stereocenters. The molecule has 0 bridgehead atoms. The average molecular weight is 551 g/mol. The zero-order chi connectivity index (χ0) is 22.9. The van der Waals surface area contributed by atoms with E-state index in [-0.39, 0.29) is 16.7 Å². The van der Waals surface area contributed by atoms with E-state index < -0.39 is 15.9 Å².